The number of hydrogen-bond acceptors (Lipinski definition) is 7. The van der Waals surface area contributed by atoms with Crippen LogP contribution in [-0.2, 0) is 33.3 Å². The second-order valence-corrected chi connectivity index (χ2v) is 8.54. The van der Waals surface area contributed by atoms with Crippen molar-refractivity contribution in [2.75, 3.05) is 19.1 Å². The first-order chi connectivity index (χ1) is 10.5. The lowest BCUT2D eigenvalue weighted by Crippen LogP contribution is -2.21. The van der Waals surface area contributed by atoms with Gasteiger partial charge in [-0.3, -0.25) is 8.37 Å². The molecule has 10 heteroatoms. The molecule has 0 spiro atoms. The van der Waals surface area contributed by atoms with Crippen molar-refractivity contribution in [3.05, 3.63) is 35.6 Å². The van der Waals surface area contributed by atoms with Crippen LogP contribution in [0, 0.1) is 5.82 Å². The van der Waals surface area contributed by atoms with Gasteiger partial charge in [0.1, 0.15) is 18.0 Å². The number of halogens is 1. The first kappa shape index (κ1) is 18.3. The lowest BCUT2D eigenvalue weighted by Gasteiger charge is -2.18. The fourth-order valence-corrected chi connectivity index (χ4v) is 3.33. The standard InChI is InChI=1S/C13H17FO7S2/c1-22(15,16)19-8-11-7-12(21-23(2,17)18)13(20-11)9-3-5-10(14)6-4-9/h3-6,11-13H,7-8H2,1-2H3/t11-,12-,13-/m1/s1. The Morgan fingerprint density at radius 1 is 1.13 bits per heavy atom. The van der Waals surface area contributed by atoms with E-state index in [0.717, 1.165) is 12.5 Å². The smallest absolute Gasteiger partial charge is 0.264 e. The molecule has 1 aromatic carbocycles. The second kappa shape index (κ2) is 6.81. The molecule has 0 saturated carbocycles. The molecule has 1 saturated heterocycles. The van der Waals surface area contributed by atoms with Crippen molar-refractivity contribution in [2.24, 2.45) is 0 Å². The van der Waals surface area contributed by atoms with Crippen LogP contribution in [0.1, 0.15) is 18.1 Å². The highest BCUT2D eigenvalue weighted by atomic mass is 32.2. The molecule has 23 heavy (non-hydrogen) atoms. The highest BCUT2D eigenvalue weighted by molar-refractivity contribution is 7.86. The van der Waals surface area contributed by atoms with Crippen LogP contribution in [-0.4, -0.2) is 48.2 Å². The third-order valence-electron chi connectivity index (χ3n) is 3.14. The van der Waals surface area contributed by atoms with Crippen molar-refractivity contribution in [3.63, 3.8) is 0 Å². The molecule has 1 aliphatic heterocycles. The Morgan fingerprint density at radius 2 is 1.74 bits per heavy atom. The van der Waals surface area contributed by atoms with E-state index in [1.165, 1.54) is 24.3 Å². The minimum atomic E-state index is -3.74. The van der Waals surface area contributed by atoms with E-state index in [4.69, 9.17) is 8.92 Å². The van der Waals surface area contributed by atoms with Crippen molar-refractivity contribution in [2.45, 2.75) is 24.7 Å². The molecule has 0 radical (unpaired) electrons. The predicted molar refractivity (Wildman–Crippen MR) is 79.1 cm³/mol. The summed E-state index contributed by atoms with van der Waals surface area (Å²) >= 11 is 0. The fraction of sp³-hybridized carbons (Fsp3) is 0.538. The molecule has 2 rings (SSSR count). The molecule has 0 unspecified atom stereocenters. The molecule has 1 fully saturated rings. The Hall–Kier alpha value is -1.07. The van der Waals surface area contributed by atoms with Gasteiger partial charge in [0.15, 0.2) is 0 Å². The van der Waals surface area contributed by atoms with E-state index in [1.807, 2.05) is 0 Å². The predicted octanol–water partition coefficient (Wildman–Crippen LogP) is 0.977. The Labute approximate surface area is 134 Å². The van der Waals surface area contributed by atoms with Crippen LogP contribution < -0.4 is 0 Å². The summed E-state index contributed by atoms with van der Waals surface area (Å²) in [4.78, 5) is 0. The lowest BCUT2D eigenvalue weighted by molar-refractivity contribution is 0.000132. The number of benzene rings is 1. The van der Waals surface area contributed by atoms with Crippen LogP contribution in [0.5, 0.6) is 0 Å². The van der Waals surface area contributed by atoms with Crippen LogP contribution in [0.2, 0.25) is 0 Å². The summed E-state index contributed by atoms with van der Waals surface area (Å²) in [7, 11) is -7.38. The number of rotatable bonds is 6. The SMILES string of the molecule is CS(=O)(=O)OC[C@H]1C[C@@H](OS(C)(=O)=O)[C@@H](c2ccc(F)cc2)O1. The molecule has 0 amide bonds. The van der Waals surface area contributed by atoms with E-state index in [1.54, 1.807) is 0 Å². The molecule has 130 valence electrons. The zero-order valence-electron chi connectivity index (χ0n) is 12.5. The van der Waals surface area contributed by atoms with Gasteiger partial charge in [0.2, 0.25) is 0 Å². The third kappa shape index (κ3) is 5.81. The van der Waals surface area contributed by atoms with E-state index < -0.39 is 44.4 Å². The first-order valence-corrected chi connectivity index (χ1v) is 10.3. The highest BCUT2D eigenvalue weighted by Crippen LogP contribution is 2.36. The number of hydrogen-bond donors (Lipinski definition) is 0. The molecule has 7 nitrogen and oxygen atoms in total. The van der Waals surface area contributed by atoms with E-state index in [0.29, 0.717) is 5.56 Å². The van der Waals surface area contributed by atoms with Crippen molar-refractivity contribution in [3.8, 4) is 0 Å². The van der Waals surface area contributed by atoms with Gasteiger partial charge in [-0.25, -0.2) is 4.39 Å². The Morgan fingerprint density at radius 3 is 2.26 bits per heavy atom. The van der Waals surface area contributed by atoms with Gasteiger partial charge in [0.05, 0.1) is 25.2 Å². The summed E-state index contributed by atoms with van der Waals surface area (Å²) in [6.07, 6.45) is -0.322. The van der Waals surface area contributed by atoms with Gasteiger partial charge in [-0.1, -0.05) is 12.1 Å². The fourth-order valence-electron chi connectivity index (χ4n) is 2.30. The van der Waals surface area contributed by atoms with Crippen LogP contribution in [0.4, 0.5) is 4.39 Å². The normalized spacial score (nSPS) is 25.6. The molecule has 1 aromatic rings. The maximum Gasteiger partial charge on any atom is 0.264 e. The van der Waals surface area contributed by atoms with Crippen LogP contribution in [0.25, 0.3) is 0 Å². The minimum absolute atomic E-state index is 0.130. The van der Waals surface area contributed by atoms with Crippen molar-refractivity contribution in [1.29, 1.82) is 0 Å². The monoisotopic (exact) mass is 368 g/mol. The Balaban J connectivity index is 2.17. The molecule has 0 aromatic heterocycles. The number of ether oxygens (including phenoxy) is 1. The second-order valence-electron chi connectivity index (χ2n) is 5.29. The van der Waals surface area contributed by atoms with E-state index in [9.17, 15) is 21.2 Å². The summed E-state index contributed by atoms with van der Waals surface area (Å²) in [5.41, 5.74) is 0.530. The third-order valence-corrected chi connectivity index (χ3v) is 4.30. The maximum atomic E-state index is 13.0. The van der Waals surface area contributed by atoms with Gasteiger partial charge in [0.25, 0.3) is 20.2 Å². The van der Waals surface area contributed by atoms with Gasteiger partial charge in [-0.2, -0.15) is 16.8 Å². The summed E-state index contributed by atoms with van der Waals surface area (Å²) in [5, 5.41) is 0. The zero-order valence-corrected chi connectivity index (χ0v) is 14.1. The molecule has 0 aliphatic carbocycles. The van der Waals surface area contributed by atoms with E-state index in [-0.39, 0.29) is 13.0 Å². The quantitative estimate of drug-likeness (QED) is 0.691. The van der Waals surface area contributed by atoms with Gasteiger partial charge in [-0.15, -0.1) is 0 Å². The summed E-state index contributed by atoms with van der Waals surface area (Å²) in [5.74, 6) is -0.440. The Kier molecular flexibility index (Phi) is 5.41. The average Bonchev–Trinajstić information content (AvgIpc) is 2.77. The zero-order chi connectivity index (χ0) is 17.3. The van der Waals surface area contributed by atoms with Gasteiger partial charge in [-0.05, 0) is 17.7 Å². The molecule has 0 bridgehead atoms. The minimum Gasteiger partial charge on any atom is -0.365 e. The summed E-state index contributed by atoms with van der Waals surface area (Å²) in [6, 6.07) is 5.35. The van der Waals surface area contributed by atoms with Crippen molar-refractivity contribution >= 4 is 20.2 Å². The molecule has 0 N–H and O–H groups in total. The van der Waals surface area contributed by atoms with Crippen LogP contribution >= 0.6 is 0 Å². The van der Waals surface area contributed by atoms with Gasteiger partial charge < -0.3 is 4.74 Å². The largest absolute Gasteiger partial charge is 0.365 e. The molecule has 1 aliphatic rings. The van der Waals surface area contributed by atoms with Gasteiger partial charge >= 0.3 is 0 Å². The van der Waals surface area contributed by atoms with Crippen LogP contribution in [0.15, 0.2) is 24.3 Å². The lowest BCUT2D eigenvalue weighted by atomic mass is 10.0. The average molecular weight is 368 g/mol. The summed E-state index contributed by atoms with van der Waals surface area (Å²) in [6.45, 7) is -0.250. The first-order valence-electron chi connectivity index (χ1n) is 6.67. The highest BCUT2D eigenvalue weighted by Gasteiger charge is 2.39. The van der Waals surface area contributed by atoms with Crippen molar-refractivity contribution in [1.82, 2.24) is 0 Å². The van der Waals surface area contributed by atoms with E-state index in [2.05, 4.69) is 4.18 Å². The molecule has 3 atom stereocenters. The maximum absolute atomic E-state index is 13.0. The van der Waals surface area contributed by atoms with Gasteiger partial charge in [0, 0.05) is 6.42 Å². The topological polar surface area (TPSA) is 96.0 Å². The molecule has 1 heterocycles. The molecular formula is C13H17FO7S2. The van der Waals surface area contributed by atoms with Crippen LogP contribution in [0.3, 0.4) is 0 Å². The summed E-state index contributed by atoms with van der Waals surface area (Å²) < 4.78 is 73.2. The van der Waals surface area contributed by atoms with Crippen molar-refractivity contribution < 1.29 is 34.3 Å². The van der Waals surface area contributed by atoms with E-state index >= 15 is 0 Å². The Bertz CT molecular complexity index is 743. The molecular weight excluding hydrogens is 351 g/mol.